The van der Waals surface area contributed by atoms with Crippen molar-refractivity contribution in [2.24, 2.45) is 5.41 Å². The van der Waals surface area contributed by atoms with Crippen molar-refractivity contribution in [2.45, 2.75) is 39.2 Å². The number of hydrogen-bond donors (Lipinski definition) is 2. The quantitative estimate of drug-likeness (QED) is 0.900. The molecule has 0 radical (unpaired) electrons. The van der Waals surface area contributed by atoms with Gasteiger partial charge in [-0.05, 0) is 24.7 Å². The van der Waals surface area contributed by atoms with E-state index < -0.39 is 0 Å². The Bertz CT molecular complexity index is 622. The predicted molar refractivity (Wildman–Crippen MR) is 86.9 cm³/mol. The molecule has 1 aromatic carbocycles. The van der Waals surface area contributed by atoms with E-state index in [1.54, 1.807) is 0 Å². The lowest BCUT2D eigenvalue weighted by molar-refractivity contribution is 0.378. The molecule has 2 aromatic rings. The first-order chi connectivity index (χ1) is 10.0. The normalized spacial score (nSPS) is 20.4. The summed E-state index contributed by atoms with van der Waals surface area (Å²) in [7, 11) is 0. The van der Waals surface area contributed by atoms with Crippen LogP contribution in [0.4, 0.5) is 11.6 Å². The maximum Gasteiger partial charge on any atom is 0.163 e. The van der Waals surface area contributed by atoms with Crippen LogP contribution in [0, 0.1) is 5.41 Å². The van der Waals surface area contributed by atoms with E-state index in [-0.39, 0.29) is 0 Å². The number of benzene rings is 1. The van der Waals surface area contributed by atoms with Crippen molar-refractivity contribution in [3.63, 3.8) is 0 Å². The van der Waals surface area contributed by atoms with Gasteiger partial charge in [0.2, 0.25) is 0 Å². The van der Waals surface area contributed by atoms with Gasteiger partial charge < -0.3 is 11.1 Å². The molecule has 1 fully saturated rings. The van der Waals surface area contributed by atoms with Crippen LogP contribution in [0.2, 0.25) is 0 Å². The maximum absolute atomic E-state index is 5.93. The van der Waals surface area contributed by atoms with Crippen LogP contribution in [-0.2, 0) is 0 Å². The van der Waals surface area contributed by atoms with E-state index in [1.807, 2.05) is 36.4 Å². The van der Waals surface area contributed by atoms with Gasteiger partial charge in [-0.2, -0.15) is 0 Å². The summed E-state index contributed by atoms with van der Waals surface area (Å²) in [6.07, 6.45) is 3.59. The lowest BCUT2D eigenvalue weighted by Crippen LogP contribution is -2.18. The Labute approximate surface area is 125 Å². The highest BCUT2D eigenvalue weighted by atomic mass is 15.1. The topological polar surface area (TPSA) is 63.8 Å². The van der Waals surface area contributed by atoms with Crippen LogP contribution >= 0.6 is 0 Å². The van der Waals surface area contributed by atoms with Crippen molar-refractivity contribution in [1.29, 1.82) is 0 Å². The van der Waals surface area contributed by atoms with Gasteiger partial charge in [-0.15, -0.1) is 0 Å². The fraction of sp³-hybridized carbons (Fsp3) is 0.412. The molecule has 1 aliphatic carbocycles. The molecule has 0 saturated heterocycles. The fourth-order valence-corrected chi connectivity index (χ4v) is 3.02. The monoisotopic (exact) mass is 282 g/mol. The van der Waals surface area contributed by atoms with Crippen LogP contribution in [0.1, 0.15) is 33.1 Å². The number of anilines is 2. The van der Waals surface area contributed by atoms with Crippen LogP contribution in [-0.4, -0.2) is 16.0 Å². The largest absolute Gasteiger partial charge is 0.384 e. The summed E-state index contributed by atoms with van der Waals surface area (Å²) in [5, 5.41) is 3.52. The molecule has 0 aliphatic heterocycles. The second kappa shape index (κ2) is 5.35. The first-order valence-electron chi connectivity index (χ1n) is 7.48. The lowest BCUT2D eigenvalue weighted by atomic mass is 9.92. The molecular weight excluding hydrogens is 260 g/mol. The molecule has 3 rings (SSSR count). The summed E-state index contributed by atoms with van der Waals surface area (Å²) in [5.41, 5.74) is 7.33. The molecule has 1 atom stereocenters. The average Bonchev–Trinajstić information content (AvgIpc) is 2.78. The van der Waals surface area contributed by atoms with Crippen molar-refractivity contribution in [3.8, 4) is 11.4 Å². The van der Waals surface area contributed by atoms with Gasteiger partial charge in [-0.25, -0.2) is 9.97 Å². The van der Waals surface area contributed by atoms with Gasteiger partial charge in [-0.1, -0.05) is 44.2 Å². The van der Waals surface area contributed by atoms with Gasteiger partial charge in [0.25, 0.3) is 0 Å². The number of nitrogen functional groups attached to an aromatic ring is 1. The second-order valence-electron chi connectivity index (χ2n) is 6.62. The number of nitrogens with one attached hydrogen (secondary N) is 1. The Morgan fingerprint density at radius 2 is 1.95 bits per heavy atom. The molecule has 4 heteroatoms. The number of aromatic nitrogens is 2. The van der Waals surface area contributed by atoms with E-state index in [1.165, 1.54) is 12.8 Å². The van der Waals surface area contributed by atoms with E-state index in [0.717, 1.165) is 17.8 Å². The molecule has 0 bridgehead atoms. The van der Waals surface area contributed by atoms with Crippen LogP contribution in [0.15, 0.2) is 36.4 Å². The molecule has 0 spiro atoms. The van der Waals surface area contributed by atoms with Crippen molar-refractivity contribution >= 4 is 11.6 Å². The number of nitrogens with zero attached hydrogens (tertiary/aromatic N) is 2. The van der Waals surface area contributed by atoms with Crippen molar-refractivity contribution in [1.82, 2.24) is 9.97 Å². The molecule has 1 saturated carbocycles. The summed E-state index contributed by atoms with van der Waals surface area (Å²) >= 11 is 0. The Balaban J connectivity index is 1.82. The standard InChI is InChI=1S/C17H22N4/c1-17(2)9-8-13(11-17)19-15-10-14(18)20-16(21-15)12-6-4-3-5-7-12/h3-7,10,13H,8-9,11H2,1-2H3,(H3,18,19,20,21). The molecule has 110 valence electrons. The van der Waals surface area contributed by atoms with Gasteiger partial charge in [0.15, 0.2) is 5.82 Å². The average molecular weight is 282 g/mol. The Morgan fingerprint density at radius 3 is 2.62 bits per heavy atom. The summed E-state index contributed by atoms with van der Waals surface area (Å²) in [6, 6.07) is 12.2. The summed E-state index contributed by atoms with van der Waals surface area (Å²) < 4.78 is 0. The van der Waals surface area contributed by atoms with Crippen LogP contribution in [0.25, 0.3) is 11.4 Å². The van der Waals surface area contributed by atoms with Crippen molar-refractivity contribution in [2.75, 3.05) is 11.1 Å². The van der Waals surface area contributed by atoms with Crippen LogP contribution < -0.4 is 11.1 Å². The first kappa shape index (κ1) is 13.9. The lowest BCUT2D eigenvalue weighted by Gasteiger charge is -2.18. The summed E-state index contributed by atoms with van der Waals surface area (Å²) in [6.45, 7) is 4.64. The zero-order valence-electron chi connectivity index (χ0n) is 12.6. The van der Waals surface area contributed by atoms with Gasteiger partial charge in [0.1, 0.15) is 11.6 Å². The summed E-state index contributed by atoms with van der Waals surface area (Å²) in [4.78, 5) is 8.95. The third kappa shape index (κ3) is 3.32. The van der Waals surface area contributed by atoms with E-state index in [4.69, 9.17) is 5.73 Å². The molecule has 21 heavy (non-hydrogen) atoms. The minimum atomic E-state index is 0.415. The van der Waals surface area contributed by atoms with Gasteiger partial charge in [0, 0.05) is 17.7 Å². The highest BCUT2D eigenvalue weighted by Gasteiger charge is 2.31. The highest BCUT2D eigenvalue weighted by molar-refractivity contribution is 5.60. The minimum absolute atomic E-state index is 0.415. The van der Waals surface area contributed by atoms with Gasteiger partial charge in [-0.3, -0.25) is 0 Å². The minimum Gasteiger partial charge on any atom is -0.384 e. The first-order valence-corrected chi connectivity index (χ1v) is 7.48. The Hall–Kier alpha value is -2.10. The highest BCUT2D eigenvalue weighted by Crippen LogP contribution is 2.38. The molecule has 0 amide bonds. The van der Waals surface area contributed by atoms with E-state index >= 15 is 0 Å². The Morgan fingerprint density at radius 1 is 1.19 bits per heavy atom. The van der Waals surface area contributed by atoms with E-state index in [2.05, 4.69) is 29.1 Å². The fourth-order valence-electron chi connectivity index (χ4n) is 3.02. The zero-order valence-corrected chi connectivity index (χ0v) is 12.6. The number of hydrogen-bond acceptors (Lipinski definition) is 4. The molecule has 3 N–H and O–H groups in total. The molecule has 1 aliphatic rings. The third-order valence-electron chi connectivity index (χ3n) is 4.10. The molecule has 4 nitrogen and oxygen atoms in total. The SMILES string of the molecule is CC1(C)CCC(Nc2cc(N)nc(-c3ccccc3)n2)C1. The smallest absolute Gasteiger partial charge is 0.163 e. The number of rotatable bonds is 3. The van der Waals surface area contributed by atoms with Crippen LogP contribution in [0.5, 0.6) is 0 Å². The van der Waals surface area contributed by atoms with Gasteiger partial charge >= 0.3 is 0 Å². The van der Waals surface area contributed by atoms with E-state index in [9.17, 15) is 0 Å². The Kier molecular flexibility index (Phi) is 3.53. The van der Waals surface area contributed by atoms with E-state index in [0.29, 0.717) is 23.1 Å². The second-order valence-corrected chi connectivity index (χ2v) is 6.62. The molecule has 1 unspecified atom stereocenters. The van der Waals surface area contributed by atoms with Crippen LogP contribution in [0.3, 0.4) is 0 Å². The maximum atomic E-state index is 5.93. The zero-order chi connectivity index (χ0) is 14.9. The van der Waals surface area contributed by atoms with Gasteiger partial charge in [0.05, 0.1) is 0 Å². The van der Waals surface area contributed by atoms with Crippen molar-refractivity contribution in [3.05, 3.63) is 36.4 Å². The molecule has 1 heterocycles. The number of nitrogens with two attached hydrogens (primary N) is 1. The van der Waals surface area contributed by atoms with Crippen molar-refractivity contribution < 1.29 is 0 Å². The summed E-state index contributed by atoms with van der Waals surface area (Å²) in [5.74, 6) is 2.00. The predicted octanol–water partition coefficient (Wildman–Crippen LogP) is 3.72. The molecule has 1 aromatic heterocycles. The third-order valence-corrected chi connectivity index (χ3v) is 4.10. The molecular formula is C17H22N4.